The second-order valence-electron chi connectivity index (χ2n) is 6.82. The molecule has 2 aliphatic heterocycles. The molecule has 1 unspecified atom stereocenters. The van der Waals surface area contributed by atoms with E-state index in [9.17, 15) is 4.39 Å². The third-order valence-corrected chi connectivity index (χ3v) is 5.49. The summed E-state index contributed by atoms with van der Waals surface area (Å²) in [5.74, 6) is 0.694. The first-order chi connectivity index (χ1) is 12.2. The van der Waals surface area contributed by atoms with Crippen molar-refractivity contribution in [3.05, 3.63) is 34.6 Å². The molecule has 146 valence electrons. The Hall–Kier alpha value is -0.600. The molecular weight excluding hydrogens is 466 g/mol. The number of halogens is 3. The van der Waals surface area contributed by atoms with Gasteiger partial charge in [0.25, 0.3) is 0 Å². The molecule has 2 saturated heterocycles. The maximum Gasteiger partial charge on any atom is 0.193 e. The number of benzene rings is 1. The first kappa shape index (κ1) is 21.7. The van der Waals surface area contributed by atoms with Crippen LogP contribution in [0.4, 0.5) is 4.39 Å². The van der Waals surface area contributed by atoms with Crippen LogP contribution in [-0.2, 0) is 6.42 Å². The van der Waals surface area contributed by atoms with Gasteiger partial charge in [0.05, 0.1) is 0 Å². The lowest BCUT2D eigenvalue weighted by Gasteiger charge is -2.25. The lowest BCUT2D eigenvalue weighted by Crippen LogP contribution is -2.42. The van der Waals surface area contributed by atoms with Gasteiger partial charge in [0.15, 0.2) is 5.96 Å². The number of nitrogens with zero attached hydrogens (tertiary/aromatic N) is 3. The van der Waals surface area contributed by atoms with Crippen molar-refractivity contribution in [3.8, 4) is 0 Å². The Bertz CT molecular complexity index is 587. The quantitative estimate of drug-likeness (QED) is 0.384. The van der Waals surface area contributed by atoms with Gasteiger partial charge in [-0.15, -0.1) is 24.0 Å². The average Bonchev–Trinajstić information content (AvgIpc) is 3.27. The van der Waals surface area contributed by atoms with Crippen LogP contribution in [0.2, 0.25) is 5.02 Å². The summed E-state index contributed by atoms with van der Waals surface area (Å²) in [6.07, 6.45) is 4.37. The van der Waals surface area contributed by atoms with Crippen molar-refractivity contribution in [1.82, 2.24) is 15.1 Å². The van der Waals surface area contributed by atoms with Crippen LogP contribution >= 0.6 is 35.6 Å². The molecule has 0 spiro atoms. The van der Waals surface area contributed by atoms with E-state index < -0.39 is 0 Å². The summed E-state index contributed by atoms with van der Waals surface area (Å²) >= 11 is 6.10. The van der Waals surface area contributed by atoms with Crippen molar-refractivity contribution in [2.45, 2.75) is 38.6 Å². The maximum atomic E-state index is 13.9. The molecular formula is C19H29ClFIN4. The van der Waals surface area contributed by atoms with Gasteiger partial charge in [0.2, 0.25) is 0 Å². The van der Waals surface area contributed by atoms with E-state index in [1.54, 1.807) is 12.1 Å². The van der Waals surface area contributed by atoms with Crippen LogP contribution in [0.3, 0.4) is 0 Å². The van der Waals surface area contributed by atoms with Crippen LogP contribution in [0.25, 0.3) is 0 Å². The molecule has 1 atom stereocenters. The molecule has 0 saturated carbocycles. The molecule has 2 heterocycles. The molecule has 2 fully saturated rings. The van der Waals surface area contributed by atoms with E-state index in [0.29, 0.717) is 29.6 Å². The number of hydrogen-bond donors (Lipinski definition) is 1. The highest BCUT2D eigenvalue weighted by Gasteiger charge is 2.30. The van der Waals surface area contributed by atoms with Crippen LogP contribution in [0, 0.1) is 5.82 Å². The molecule has 0 radical (unpaired) electrons. The smallest absolute Gasteiger partial charge is 0.193 e. The fourth-order valence-electron chi connectivity index (χ4n) is 3.81. The summed E-state index contributed by atoms with van der Waals surface area (Å²) in [4.78, 5) is 9.68. The first-order valence-corrected chi connectivity index (χ1v) is 9.77. The molecule has 0 aromatic heterocycles. The van der Waals surface area contributed by atoms with Crippen LogP contribution in [0.5, 0.6) is 0 Å². The van der Waals surface area contributed by atoms with Crippen LogP contribution < -0.4 is 5.32 Å². The molecule has 1 aromatic carbocycles. The Morgan fingerprint density at radius 3 is 2.77 bits per heavy atom. The highest BCUT2D eigenvalue weighted by molar-refractivity contribution is 14.0. The van der Waals surface area contributed by atoms with Gasteiger partial charge >= 0.3 is 0 Å². The summed E-state index contributed by atoms with van der Waals surface area (Å²) in [6.45, 7) is 7.99. The Labute approximate surface area is 178 Å². The summed E-state index contributed by atoms with van der Waals surface area (Å²) in [5.41, 5.74) is 0.556. The molecule has 3 rings (SSSR count). The topological polar surface area (TPSA) is 30.9 Å². The van der Waals surface area contributed by atoms with Crippen molar-refractivity contribution >= 4 is 41.5 Å². The second-order valence-corrected chi connectivity index (χ2v) is 7.22. The average molecular weight is 495 g/mol. The largest absolute Gasteiger partial charge is 0.357 e. The number of guanidine groups is 1. The highest BCUT2D eigenvalue weighted by atomic mass is 127. The normalized spacial score (nSPS) is 21.1. The third kappa shape index (κ3) is 5.45. The van der Waals surface area contributed by atoms with Crippen LogP contribution in [0.15, 0.2) is 23.2 Å². The van der Waals surface area contributed by atoms with Gasteiger partial charge < -0.3 is 10.2 Å². The van der Waals surface area contributed by atoms with Gasteiger partial charge in [-0.1, -0.05) is 17.7 Å². The number of rotatable bonds is 5. The van der Waals surface area contributed by atoms with Crippen LogP contribution in [0.1, 0.15) is 31.7 Å². The van der Waals surface area contributed by atoms with Crippen molar-refractivity contribution in [2.75, 3.05) is 39.3 Å². The standard InChI is InChI=1S/C19H28ClFN4.HI/c1-2-22-19(23-10-8-16-17(20)6-5-7-18(16)21)25-13-9-15(14-25)24-11-3-4-12-24;/h5-7,15H,2-4,8-14H2,1H3,(H,22,23);1H. The predicted octanol–water partition coefficient (Wildman–Crippen LogP) is 3.78. The lowest BCUT2D eigenvalue weighted by atomic mass is 10.1. The number of likely N-dealkylation sites (tertiary alicyclic amines) is 2. The summed E-state index contributed by atoms with van der Waals surface area (Å²) < 4.78 is 13.9. The summed E-state index contributed by atoms with van der Waals surface area (Å²) in [6, 6.07) is 5.47. The molecule has 7 heteroatoms. The maximum absolute atomic E-state index is 13.9. The summed E-state index contributed by atoms with van der Waals surface area (Å²) in [7, 11) is 0. The van der Waals surface area contributed by atoms with Gasteiger partial charge in [-0.05, 0) is 57.8 Å². The molecule has 0 amide bonds. The lowest BCUT2D eigenvalue weighted by molar-refractivity contribution is 0.249. The Balaban J connectivity index is 0.00000243. The molecule has 0 aliphatic carbocycles. The van der Waals surface area contributed by atoms with Crippen LogP contribution in [-0.4, -0.2) is 61.1 Å². The number of nitrogens with one attached hydrogen (secondary N) is 1. The monoisotopic (exact) mass is 494 g/mol. The Morgan fingerprint density at radius 1 is 1.31 bits per heavy atom. The zero-order valence-electron chi connectivity index (χ0n) is 15.4. The molecule has 2 aliphatic rings. The minimum absolute atomic E-state index is 0. The summed E-state index contributed by atoms with van der Waals surface area (Å²) in [5, 5.41) is 3.86. The van der Waals surface area contributed by atoms with Gasteiger partial charge in [-0.3, -0.25) is 9.89 Å². The zero-order valence-corrected chi connectivity index (χ0v) is 18.5. The number of hydrogen-bond acceptors (Lipinski definition) is 2. The first-order valence-electron chi connectivity index (χ1n) is 9.39. The minimum Gasteiger partial charge on any atom is -0.357 e. The van der Waals surface area contributed by atoms with Gasteiger partial charge in [-0.2, -0.15) is 0 Å². The molecule has 0 bridgehead atoms. The van der Waals surface area contributed by atoms with E-state index in [1.807, 2.05) is 0 Å². The Kier molecular flexibility index (Phi) is 8.90. The fourth-order valence-corrected chi connectivity index (χ4v) is 4.07. The van der Waals surface area contributed by atoms with Crippen molar-refractivity contribution in [2.24, 2.45) is 4.99 Å². The molecule has 4 nitrogen and oxygen atoms in total. The van der Waals surface area contributed by atoms with Crippen molar-refractivity contribution < 1.29 is 4.39 Å². The third-order valence-electron chi connectivity index (χ3n) is 5.14. The highest BCUT2D eigenvalue weighted by Crippen LogP contribution is 2.21. The van der Waals surface area contributed by atoms with E-state index >= 15 is 0 Å². The van der Waals surface area contributed by atoms with E-state index in [0.717, 1.165) is 25.6 Å². The van der Waals surface area contributed by atoms with Crippen molar-refractivity contribution in [1.29, 1.82) is 0 Å². The predicted molar refractivity (Wildman–Crippen MR) is 117 cm³/mol. The Morgan fingerprint density at radius 2 is 2.08 bits per heavy atom. The molecule has 1 N–H and O–H groups in total. The van der Waals surface area contributed by atoms with Crippen molar-refractivity contribution in [3.63, 3.8) is 0 Å². The molecule has 1 aromatic rings. The van der Waals surface area contributed by atoms with Gasteiger partial charge in [-0.25, -0.2) is 4.39 Å². The number of aliphatic imine (C=N–C) groups is 1. The van der Waals surface area contributed by atoms with Gasteiger partial charge in [0.1, 0.15) is 5.82 Å². The molecule has 26 heavy (non-hydrogen) atoms. The SMILES string of the molecule is CCNC(=NCCc1c(F)cccc1Cl)N1CCC(N2CCCC2)C1.I. The van der Waals surface area contributed by atoms with Gasteiger partial charge in [0, 0.05) is 42.8 Å². The zero-order chi connectivity index (χ0) is 17.6. The van der Waals surface area contributed by atoms with E-state index in [4.69, 9.17) is 16.6 Å². The fraction of sp³-hybridized carbons (Fsp3) is 0.632. The second kappa shape index (κ2) is 10.7. The van der Waals surface area contributed by atoms with E-state index in [2.05, 4.69) is 22.0 Å². The van der Waals surface area contributed by atoms with E-state index in [1.165, 1.54) is 38.4 Å². The minimum atomic E-state index is -0.247. The van der Waals surface area contributed by atoms with E-state index in [-0.39, 0.29) is 29.8 Å².